The normalized spacial score (nSPS) is 12.6. The van der Waals surface area contributed by atoms with Gasteiger partial charge in [0.05, 0.1) is 24.7 Å². The second-order valence-electron chi connectivity index (χ2n) is 4.22. The van der Waals surface area contributed by atoms with Gasteiger partial charge in [0, 0.05) is 11.5 Å². The number of nitriles is 1. The minimum Gasteiger partial charge on any atom is -0.466 e. The highest BCUT2D eigenvalue weighted by Crippen LogP contribution is 2.37. The largest absolute Gasteiger partial charge is 0.466 e. The van der Waals surface area contributed by atoms with Crippen LogP contribution < -0.4 is 0 Å². The van der Waals surface area contributed by atoms with Crippen molar-refractivity contribution in [2.75, 3.05) is 6.61 Å². The molecule has 1 aromatic rings. The van der Waals surface area contributed by atoms with E-state index in [1.807, 2.05) is 6.07 Å². The molecule has 0 bridgehead atoms. The number of alkyl halides is 2. The van der Waals surface area contributed by atoms with Crippen LogP contribution in [0.5, 0.6) is 0 Å². The Bertz CT molecular complexity index is 477. The van der Waals surface area contributed by atoms with E-state index in [0.717, 1.165) is 0 Å². The Hall–Kier alpha value is -1.96. The lowest BCUT2D eigenvalue weighted by molar-refractivity contribution is -0.149. The Balaban J connectivity index is 2.83. The molecule has 0 amide bonds. The molecular weight excluding hydrogens is 252 g/mol. The average molecular weight is 267 g/mol. The summed E-state index contributed by atoms with van der Waals surface area (Å²) in [6.45, 7) is 3.10. The van der Waals surface area contributed by atoms with Crippen LogP contribution in [0.2, 0.25) is 0 Å². The zero-order chi connectivity index (χ0) is 14.5. The Labute approximate surface area is 110 Å². The fraction of sp³-hybridized carbons (Fsp3) is 0.429. The van der Waals surface area contributed by atoms with Crippen LogP contribution in [0.15, 0.2) is 24.3 Å². The molecule has 0 spiro atoms. The van der Waals surface area contributed by atoms with E-state index in [9.17, 15) is 13.6 Å². The summed E-state index contributed by atoms with van der Waals surface area (Å²) in [5, 5.41) is 8.62. The van der Waals surface area contributed by atoms with E-state index in [4.69, 9.17) is 5.26 Å². The SMILES string of the molecule is CCOC(=O)CC(C)C(F)(F)c1ccc(C#N)cc1. The van der Waals surface area contributed by atoms with Crippen LogP contribution in [0.1, 0.15) is 31.4 Å². The molecule has 1 unspecified atom stereocenters. The lowest BCUT2D eigenvalue weighted by atomic mass is 9.93. The molecule has 0 heterocycles. The fourth-order valence-corrected chi connectivity index (χ4v) is 1.65. The van der Waals surface area contributed by atoms with Crippen LogP contribution in [0, 0.1) is 17.2 Å². The van der Waals surface area contributed by atoms with Crippen molar-refractivity contribution < 1.29 is 18.3 Å². The number of halogens is 2. The van der Waals surface area contributed by atoms with Gasteiger partial charge in [-0.05, 0) is 19.1 Å². The predicted molar refractivity (Wildman–Crippen MR) is 65.5 cm³/mol. The van der Waals surface area contributed by atoms with Gasteiger partial charge in [-0.25, -0.2) is 8.78 Å². The Morgan fingerprint density at radius 1 is 1.42 bits per heavy atom. The summed E-state index contributed by atoms with van der Waals surface area (Å²) in [5.74, 6) is -4.94. The minimum absolute atomic E-state index is 0.175. The number of ether oxygens (including phenoxy) is 1. The molecule has 1 rings (SSSR count). The highest BCUT2D eigenvalue weighted by Gasteiger charge is 2.39. The number of benzene rings is 1. The summed E-state index contributed by atoms with van der Waals surface area (Å²) >= 11 is 0. The van der Waals surface area contributed by atoms with Crippen LogP contribution in [-0.4, -0.2) is 12.6 Å². The van der Waals surface area contributed by atoms with Crippen molar-refractivity contribution in [3.8, 4) is 6.07 Å². The van der Waals surface area contributed by atoms with Gasteiger partial charge < -0.3 is 4.74 Å². The van der Waals surface area contributed by atoms with Gasteiger partial charge in [0.15, 0.2) is 0 Å². The van der Waals surface area contributed by atoms with Gasteiger partial charge in [-0.1, -0.05) is 19.1 Å². The molecule has 0 saturated carbocycles. The zero-order valence-electron chi connectivity index (χ0n) is 10.8. The Kier molecular flexibility index (Phi) is 4.99. The van der Waals surface area contributed by atoms with E-state index >= 15 is 0 Å². The molecule has 0 aliphatic rings. The third-order valence-corrected chi connectivity index (χ3v) is 2.80. The maximum Gasteiger partial charge on any atom is 0.306 e. The van der Waals surface area contributed by atoms with Crippen LogP contribution >= 0.6 is 0 Å². The van der Waals surface area contributed by atoms with E-state index in [0.29, 0.717) is 5.56 Å². The second kappa shape index (κ2) is 6.28. The monoisotopic (exact) mass is 267 g/mol. The molecule has 0 aliphatic carbocycles. The highest BCUT2D eigenvalue weighted by atomic mass is 19.3. The summed E-state index contributed by atoms with van der Waals surface area (Å²) < 4.78 is 32.9. The summed E-state index contributed by atoms with van der Waals surface area (Å²) in [6, 6.07) is 6.95. The quantitative estimate of drug-likeness (QED) is 0.769. The number of hydrogen-bond acceptors (Lipinski definition) is 3. The van der Waals surface area contributed by atoms with Crippen LogP contribution in [0.4, 0.5) is 8.78 Å². The average Bonchev–Trinajstić information content (AvgIpc) is 2.39. The van der Waals surface area contributed by atoms with Crippen molar-refractivity contribution in [2.24, 2.45) is 5.92 Å². The lowest BCUT2D eigenvalue weighted by Gasteiger charge is -2.23. The molecule has 3 nitrogen and oxygen atoms in total. The standard InChI is InChI=1S/C14H15F2NO2/c1-3-19-13(18)8-10(2)14(15,16)12-6-4-11(9-17)5-7-12/h4-7,10H,3,8H2,1-2H3. The van der Waals surface area contributed by atoms with Gasteiger partial charge in [-0.15, -0.1) is 0 Å². The zero-order valence-corrected chi connectivity index (χ0v) is 10.8. The van der Waals surface area contributed by atoms with Crippen molar-refractivity contribution in [1.29, 1.82) is 5.26 Å². The smallest absolute Gasteiger partial charge is 0.306 e. The molecule has 0 saturated heterocycles. The summed E-state index contributed by atoms with van der Waals surface area (Å²) in [7, 11) is 0. The minimum atomic E-state index is -3.14. The van der Waals surface area contributed by atoms with Crippen LogP contribution in [0.3, 0.4) is 0 Å². The van der Waals surface area contributed by atoms with Gasteiger partial charge in [0.2, 0.25) is 0 Å². The topological polar surface area (TPSA) is 50.1 Å². The predicted octanol–water partition coefficient (Wildman–Crippen LogP) is 3.24. The molecule has 19 heavy (non-hydrogen) atoms. The van der Waals surface area contributed by atoms with Gasteiger partial charge in [0.1, 0.15) is 0 Å². The fourth-order valence-electron chi connectivity index (χ4n) is 1.65. The molecule has 0 fully saturated rings. The van der Waals surface area contributed by atoms with Gasteiger partial charge in [-0.3, -0.25) is 4.79 Å². The number of carbonyl (C=O) groups is 1. The highest BCUT2D eigenvalue weighted by molar-refractivity contribution is 5.69. The van der Waals surface area contributed by atoms with Crippen molar-refractivity contribution in [3.05, 3.63) is 35.4 Å². The molecule has 102 valence electrons. The van der Waals surface area contributed by atoms with E-state index in [-0.39, 0.29) is 18.6 Å². The summed E-state index contributed by atoms with van der Waals surface area (Å²) in [5.41, 5.74) is 0.112. The summed E-state index contributed by atoms with van der Waals surface area (Å²) in [4.78, 5) is 11.2. The van der Waals surface area contributed by atoms with E-state index in [2.05, 4.69) is 4.74 Å². The molecule has 1 atom stereocenters. The maximum absolute atomic E-state index is 14.1. The first-order chi connectivity index (χ1) is 8.91. The van der Waals surface area contributed by atoms with Crippen molar-refractivity contribution >= 4 is 5.97 Å². The van der Waals surface area contributed by atoms with Crippen molar-refractivity contribution in [1.82, 2.24) is 0 Å². The number of hydrogen-bond donors (Lipinski definition) is 0. The first kappa shape index (κ1) is 15.1. The van der Waals surface area contributed by atoms with E-state index in [1.54, 1.807) is 6.92 Å². The first-order valence-electron chi connectivity index (χ1n) is 5.95. The van der Waals surface area contributed by atoms with E-state index < -0.39 is 17.8 Å². The Morgan fingerprint density at radius 3 is 2.47 bits per heavy atom. The third kappa shape index (κ3) is 3.75. The van der Waals surface area contributed by atoms with Crippen LogP contribution in [-0.2, 0) is 15.5 Å². The molecule has 5 heteroatoms. The first-order valence-corrected chi connectivity index (χ1v) is 5.95. The van der Waals surface area contributed by atoms with Crippen molar-refractivity contribution in [2.45, 2.75) is 26.2 Å². The van der Waals surface area contributed by atoms with E-state index in [1.165, 1.54) is 31.2 Å². The number of carbonyl (C=O) groups excluding carboxylic acids is 1. The van der Waals surface area contributed by atoms with Gasteiger partial charge in [-0.2, -0.15) is 5.26 Å². The molecule has 0 aliphatic heterocycles. The lowest BCUT2D eigenvalue weighted by Crippen LogP contribution is -2.26. The molecule has 0 aromatic heterocycles. The summed E-state index contributed by atoms with van der Waals surface area (Å²) in [6.07, 6.45) is -0.346. The molecule has 1 aromatic carbocycles. The maximum atomic E-state index is 14.1. The number of rotatable bonds is 5. The molecule has 0 radical (unpaired) electrons. The van der Waals surface area contributed by atoms with Gasteiger partial charge >= 0.3 is 5.97 Å². The Morgan fingerprint density at radius 2 is 2.00 bits per heavy atom. The van der Waals surface area contributed by atoms with Crippen LogP contribution in [0.25, 0.3) is 0 Å². The number of nitrogens with zero attached hydrogens (tertiary/aromatic N) is 1. The van der Waals surface area contributed by atoms with Crippen molar-refractivity contribution in [3.63, 3.8) is 0 Å². The number of esters is 1. The molecule has 0 N–H and O–H groups in total. The molecular formula is C14H15F2NO2. The second-order valence-corrected chi connectivity index (χ2v) is 4.22. The van der Waals surface area contributed by atoms with Gasteiger partial charge in [0.25, 0.3) is 5.92 Å². The third-order valence-electron chi connectivity index (χ3n) is 2.80.